The van der Waals surface area contributed by atoms with Crippen LogP contribution >= 0.6 is 23.1 Å². The molecule has 0 aliphatic heterocycles. The van der Waals surface area contributed by atoms with Crippen molar-refractivity contribution >= 4 is 55.8 Å². The molecule has 0 fully saturated rings. The summed E-state index contributed by atoms with van der Waals surface area (Å²) in [6, 6.07) is 27.9. The first-order valence-corrected chi connectivity index (χ1v) is 11.3. The number of anilines is 1. The van der Waals surface area contributed by atoms with E-state index >= 15 is 0 Å². The van der Waals surface area contributed by atoms with E-state index < -0.39 is 0 Å². The number of para-hydroxylation sites is 2. The topological polar surface area (TPSA) is 54.9 Å². The lowest BCUT2D eigenvalue weighted by atomic mass is 10.2. The lowest BCUT2D eigenvalue weighted by molar-refractivity contribution is -0.113. The summed E-state index contributed by atoms with van der Waals surface area (Å²) >= 11 is 3.08. The van der Waals surface area contributed by atoms with Gasteiger partial charge in [-0.3, -0.25) is 4.79 Å². The molecule has 30 heavy (non-hydrogen) atoms. The number of pyridine rings is 1. The molecular weight excluding hydrogens is 410 g/mol. The van der Waals surface area contributed by atoms with E-state index in [-0.39, 0.29) is 5.91 Å². The minimum Gasteiger partial charge on any atom is -0.325 e. The number of rotatable bonds is 5. The minimum absolute atomic E-state index is 0.0589. The fraction of sp³-hybridized carbons (Fsp3) is 0.0417. The lowest BCUT2D eigenvalue weighted by Gasteiger charge is -2.07. The van der Waals surface area contributed by atoms with Crippen molar-refractivity contribution in [3.05, 3.63) is 84.9 Å². The minimum atomic E-state index is -0.0589. The van der Waals surface area contributed by atoms with Crippen LogP contribution in [0.2, 0.25) is 0 Å². The molecule has 0 aliphatic carbocycles. The maximum atomic E-state index is 12.5. The van der Waals surface area contributed by atoms with Crippen LogP contribution in [0.25, 0.3) is 31.7 Å². The molecule has 0 spiro atoms. The van der Waals surface area contributed by atoms with Gasteiger partial charge in [-0.15, -0.1) is 11.3 Å². The Morgan fingerprint density at radius 2 is 1.70 bits per heavy atom. The fourth-order valence-electron chi connectivity index (χ4n) is 3.19. The molecule has 0 bridgehead atoms. The zero-order valence-corrected chi connectivity index (χ0v) is 17.5. The van der Waals surface area contributed by atoms with E-state index in [1.54, 1.807) is 11.3 Å². The molecule has 1 N–H and O–H groups in total. The van der Waals surface area contributed by atoms with Crippen molar-refractivity contribution < 1.29 is 4.79 Å². The number of carbonyl (C=O) groups is 1. The number of hydrogen-bond acceptors (Lipinski definition) is 5. The largest absolute Gasteiger partial charge is 0.325 e. The number of benzene rings is 3. The van der Waals surface area contributed by atoms with Gasteiger partial charge in [-0.2, -0.15) is 0 Å². The van der Waals surface area contributed by atoms with Gasteiger partial charge < -0.3 is 5.32 Å². The Kier molecular flexibility index (Phi) is 5.17. The average molecular weight is 428 g/mol. The van der Waals surface area contributed by atoms with E-state index in [0.29, 0.717) is 5.75 Å². The number of nitrogens with zero attached hydrogens (tertiary/aromatic N) is 2. The van der Waals surface area contributed by atoms with Gasteiger partial charge in [0.1, 0.15) is 5.01 Å². The van der Waals surface area contributed by atoms with Crippen LogP contribution in [0.15, 0.2) is 90.0 Å². The van der Waals surface area contributed by atoms with Gasteiger partial charge in [-0.05, 0) is 36.4 Å². The van der Waals surface area contributed by atoms with E-state index in [9.17, 15) is 4.79 Å². The second kappa shape index (κ2) is 8.26. The highest BCUT2D eigenvalue weighted by Gasteiger charge is 2.09. The molecule has 0 atom stereocenters. The number of thiazole rings is 1. The van der Waals surface area contributed by atoms with E-state index in [1.165, 1.54) is 11.8 Å². The van der Waals surface area contributed by atoms with Gasteiger partial charge in [0.15, 0.2) is 0 Å². The van der Waals surface area contributed by atoms with Crippen molar-refractivity contribution in [2.75, 3.05) is 11.1 Å². The van der Waals surface area contributed by atoms with E-state index in [2.05, 4.69) is 16.4 Å². The van der Waals surface area contributed by atoms with Gasteiger partial charge in [0.25, 0.3) is 0 Å². The molecule has 2 heterocycles. The van der Waals surface area contributed by atoms with Crippen LogP contribution in [0, 0.1) is 0 Å². The molecular formula is C24H17N3OS2. The normalized spacial score (nSPS) is 11.1. The summed E-state index contributed by atoms with van der Waals surface area (Å²) in [5.41, 5.74) is 3.69. The number of hydrogen-bond donors (Lipinski definition) is 1. The number of aromatic nitrogens is 2. The third-order valence-electron chi connectivity index (χ3n) is 4.61. The number of amides is 1. The smallest absolute Gasteiger partial charge is 0.234 e. The second-order valence-electron chi connectivity index (χ2n) is 6.75. The first-order valence-electron chi connectivity index (χ1n) is 9.49. The van der Waals surface area contributed by atoms with E-state index in [0.717, 1.165) is 42.4 Å². The molecule has 0 radical (unpaired) electrons. The SMILES string of the molecule is O=C(CSc1ccc2ccccc2n1)Nc1cccc(-c2nc3ccccc3s2)c1. The Hall–Kier alpha value is -3.22. The van der Waals surface area contributed by atoms with E-state index in [4.69, 9.17) is 4.98 Å². The van der Waals surface area contributed by atoms with Gasteiger partial charge in [0.05, 0.1) is 26.5 Å². The zero-order chi connectivity index (χ0) is 20.3. The monoisotopic (exact) mass is 427 g/mol. The third-order valence-corrected chi connectivity index (χ3v) is 6.63. The second-order valence-corrected chi connectivity index (χ2v) is 8.77. The van der Waals surface area contributed by atoms with Gasteiger partial charge in [-0.1, -0.05) is 60.3 Å². The fourth-order valence-corrected chi connectivity index (χ4v) is 4.83. The zero-order valence-electron chi connectivity index (χ0n) is 15.9. The van der Waals surface area contributed by atoms with Crippen molar-refractivity contribution in [2.24, 2.45) is 0 Å². The lowest BCUT2D eigenvalue weighted by Crippen LogP contribution is -2.14. The summed E-state index contributed by atoms with van der Waals surface area (Å²) in [7, 11) is 0. The molecule has 6 heteroatoms. The first kappa shape index (κ1) is 18.8. The predicted molar refractivity (Wildman–Crippen MR) is 126 cm³/mol. The average Bonchev–Trinajstić information content (AvgIpc) is 3.22. The van der Waals surface area contributed by atoms with Crippen LogP contribution in [-0.2, 0) is 4.79 Å². The molecule has 146 valence electrons. The van der Waals surface area contributed by atoms with Crippen molar-refractivity contribution in [3.8, 4) is 10.6 Å². The van der Waals surface area contributed by atoms with Gasteiger partial charge in [0.2, 0.25) is 5.91 Å². The van der Waals surface area contributed by atoms with Crippen LogP contribution in [0.4, 0.5) is 5.69 Å². The Bertz CT molecular complexity index is 1330. The summed E-state index contributed by atoms with van der Waals surface area (Å²) in [6.45, 7) is 0. The molecule has 0 saturated heterocycles. The Morgan fingerprint density at radius 3 is 2.60 bits per heavy atom. The Balaban J connectivity index is 1.27. The van der Waals surface area contributed by atoms with Gasteiger partial charge >= 0.3 is 0 Å². The quantitative estimate of drug-likeness (QED) is 0.337. The van der Waals surface area contributed by atoms with Crippen LogP contribution in [0.3, 0.4) is 0 Å². The molecule has 4 nitrogen and oxygen atoms in total. The van der Waals surface area contributed by atoms with Crippen LogP contribution in [0.5, 0.6) is 0 Å². The van der Waals surface area contributed by atoms with Crippen LogP contribution in [-0.4, -0.2) is 21.6 Å². The highest BCUT2D eigenvalue weighted by molar-refractivity contribution is 7.99. The number of thioether (sulfide) groups is 1. The summed E-state index contributed by atoms with van der Waals surface area (Å²) in [6.07, 6.45) is 0. The highest BCUT2D eigenvalue weighted by atomic mass is 32.2. The van der Waals surface area contributed by atoms with Gasteiger partial charge in [0, 0.05) is 16.6 Å². The highest BCUT2D eigenvalue weighted by Crippen LogP contribution is 2.31. The Labute approximate surface area is 182 Å². The number of nitrogens with one attached hydrogen (secondary N) is 1. The molecule has 5 aromatic rings. The van der Waals surface area contributed by atoms with Crippen molar-refractivity contribution in [3.63, 3.8) is 0 Å². The van der Waals surface area contributed by atoms with Gasteiger partial charge in [-0.25, -0.2) is 9.97 Å². The Morgan fingerprint density at radius 1 is 0.867 bits per heavy atom. The molecule has 5 rings (SSSR count). The number of fused-ring (bicyclic) bond motifs is 2. The summed E-state index contributed by atoms with van der Waals surface area (Å²) in [5.74, 6) is 0.243. The number of carbonyl (C=O) groups excluding carboxylic acids is 1. The summed E-state index contributed by atoms with van der Waals surface area (Å²) in [4.78, 5) is 21.8. The van der Waals surface area contributed by atoms with Crippen molar-refractivity contribution in [2.45, 2.75) is 5.03 Å². The summed E-state index contributed by atoms with van der Waals surface area (Å²) < 4.78 is 1.15. The standard InChI is InChI=1S/C24H17N3OS2/c28-22(15-29-23-13-12-16-6-1-2-9-19(16)26-23)25-18-8-5-7-17(14-18)24-27-20-10-3-4-11-21(20)30-24/h1-14H,15H2,(H,25,28). The molecule has 1 amide bonds. The third kappa shape index (κ3) is 4.06. The van der Waals surface area contributed by atoms with E-state index in [1.807, 2.05) is 78.9 Å². The summed E-state index contributed by atoms with van der Waals surface area (Å²) in [5, 5.41) is 5.86. The molecule has 2 aromatic heterocycles. The van der Waals surface area contributed by atoms with Crippen molar-refractivity contribution in [1.29, 1.82) is 0 Å². The maximum absolute atomic E-state index is 12.5. The molecule has 0 aliphatic rings. The van der Waals surface area contributed by atoms with Crippen LogP contribution < -0.4 is 5.32 Å². The predicted octanol–water partition coefficient (Wildman–Crippen LogP) is 6.24. The van der Waals surface area contributed by atoms with Crippen LogP contribution in [0.1, 0.15) is 0 Å². The molecule has 0 unspecified atom stereocenters. The van der Waals surface area contributed by atoms with Crippen molar-refractivity contribution in [1.82, 2.24) is 9.97 Å². The molecule has 3 aromatic carbocycles. The maximum Gasteiger partial charge on any atom is 0.234 e. The molecule has 0 saturated carbocycles. The first-order chi connectivity index (χ1) is 14.7.